The summed E-state index contributed by atoms with van der Waals surface area (Å²) < 4.78 is 4.95. The van der Waals surface area contributed by atoms with Crippen molar-refractivity contribution in [2.24, 2.45) is 5.92 Å². The third kappa shape index (κ3) is 7.30. The zero-order valence-electron chi connectivity index (χ0n) is 15.8. The first-order valence-corrected chi connectivity index (χ1v) is 9.57. The van der Waals surface area contributed by atoms with E-state index in [4.69, 9.17) is 4.74 Å². The van der Waals surface area contributed by atoms with E-state index in [-0.39, 0.29) is 11.8 Å². The van der Waals surface area contributed by atoms with Crippen LogP contribution in [0.1, 0.15) is 32.6 Å². The summed E-state index contributed by atoms with van der Waals surface area (Å²) in [5.41, 5.74) is 0. The van der Waals surface area contributed by atoms with Crippen LogP contribution in [0.5, 0.6) is 0 Å². The molecule has 0 aromatic carbocycles. The highest BCUT2D eigenvalue weighted by Crippen LogP contribution is 2.23. The van der Waals surface area contributed by atoms with Crippen LogP contribution in [-0.4, -0.2) is 87.2 Å². The molecule has 1 aliphatic heterocycles. The molecule has 2 N–H and O–H groups in total. The topological polar surface area (TPSA) is 73.9 Å². The first-order chi connectivity index (χ1) is 12.1. The summed E-state index contributed by atoms with van der Waals surface area (Å²) in [7, 11) is 1.65. The molecule has 7 heteroatoms. The Hall–Kier alpha value is -1.18. The van der Waals surface area contributed by atoms with Crippen molar-refractivity contribution in [3.8, 4) is 0 Å². The quantitative estimate of drug-likeness (QED) is 0.603. The average Bonchev–Trinajstić information content (AvgIpc) is 2.59. The number of hydrogen-bond donors (Lipinski definition) is 2. The molecular weight excluding hydrogens is 320 g/mol. The molecular formula is C18H34N4O3. The van der Waals surface area contributed by atoms with Crippen LogP contribution in [0.4, 0.5) is 0 Å². The molecule has 2 aliphatic rings. The standard InChI is InChI=1S/C18H34N4O3/c1-15-4-3-5-16(12-15)20-17(23)14-21-7-9-22(10-8-21)18(24)13-19-6-11-25-2/h15-16,19H,3-14H2,1-2H3,(H,20,23). The number of amides is 2. The van der Waals surface area contributed by atoms with Gasteiger partial charge in [-0.25, -0.2) is 0 Å². The van der Waals surface area contributed by atoms with Crippen LogP contribution in [0.15, 0.2) is 0 Å². The highest BCUT2D eigenvalue weighted by molar-refractivity contribution is 5.79. The number of carbonyl (C=O) groups is 2. The van der Waals surface area contributed by atoms with Gasteiger partial charge in [0.25, 0.3) is 0 Å². The van der Waals surface area contributed by atoms with Gasteiger partial charge in [-0.15, -0.1) is 0 Å². The Bertz CT molecular complexity index is 425. The minimum atomic E-state index is 0.122. The van der Waals surface area contributed by atoms with Gasteiger partial charge < -0.3 is 20.3 Å². The summed E-state index contributed by atoms with van der Waals surface area (Å²) in [4.78, 5) is 28.4. The molecule has 0 aromatic heterocycles. The van der Waals surface area contributed by atoms with Crippen molar-refractivity contribution in [1.29, 1.82) is 0 Å². The lowest BCUT2D eigenvalue weighted by Gasteiger charge is -2.35. The molecule has 0 spiro atoms. The van der Waals surface area contributed by atoms with Crippen LogP contribution in [0.25, 0.3) is 0 Å². The minimum Gasteiger partial charge on any atom is -0.383 e. The molecule has 7 nitrogen and oxygen atoms in total. The molecule has 2 unspecified atom stereocenters. The fraction of sp³-hybridized carbons (Fsp3) is 0.889. The Morgan fingerprint density at radius 3 is 2.60 bits per heavy atom. The van der Waals surface area contributed by atoms with E-state index in [1.165, 1.54) is 12.8 Å². The lowest BCUT2D eigenvalue weighted by atomic mass is 9.87. The van der Waals surface area contributed by atoms with Gasteiger partial charge in [0.05, 0.1) is 19.7 Å². The first kappa shape index (κ1) is 20.1. The number of methoxy groups -OCH3 is 1. The smallest absolute Gasteiger partial charge is 0.236 e. The van der Waals surface area contributed by atoms with E-state index in [2.05, 4.69) is 22.5 Å². The lowest BCUT2D eigenvalue weighted by molar-refractivity contribution is -0.132. The molecule has 1 saturated carbocycles. The van der Waals surface area contributed by atoms with Crippen LogP contribution < -0.4 is 10.6 Å². The fourth-order valence-electron chi connectivity index (χ4n) is 3.68. The summed E-state index contributed by atoms with van der Waals surface area (Å²) in [5.74, 6) is 0.961. The molecule has 1 saturated heterocycles. The summed E-state index contributed by atoms with van der Waals surface area (Å²) >= 11 is 0. The van der Waals surface area contributed by atoms with Gasteiger partial charge in [-0.3, -0.25) is 14.5 Å². The Morgan fingerprint density at radius 2 is 1.92 bits per heavy atom. The monoisotopic (exact) mass is 354 g/mol. The number of ether oxygens (including phenoxy) is 1. The van der Waals surface area contributed by atoms with Gasteiger partial charge in [-0.2, -0.15) is 0 Å². The second kappa shape index (κ2) is 10.7. The number of rotatable bonds is 8. The second-order valence-corrected chi connectivity index (χ2v) is 7.36. The maximum absolute atomic E-state index is 12.2. The minimum absolute atomic E-state index is 0.122. The summed E-state index contributed by atoms with van der Waals surface area (Å²) in [6, 6.07) is 0.345. The molecule has 2 amide bonds. The van der Waals surface area contributed by atoms with Gasteiger partial charge in [-0.1, -0.05) is 19.8 Å². The van der Waals surface area contributed by atoms with Crippen molar-refractivity contribution < 1.29 is 14.3 Å². The Kier molecular flexibility index (Phi) is 8.64. The van der Waals surface area contributed by atoms with Gasteiger partial charge >= 0.3 is 0 Å². The summed E-state index contributed by atoms with van der Waals surface area (Å²) in [6.07, 6.45) is 4.70. The zero-order valence-corrected chi connectivity index (χ0v) is 15.8. The lowest BCUT2D eigenvalue weighted by Crippen LogP contribution is -2.53. The molecule has 1 heterocycles. The highest BCUT2D eigenvalue weighted by atomic mass is 16.5. The predicted octanol–water partition coefficient (Wildman–Crippen LogP) is 0.0615. The van der Waals surface area contributed by atoms with E-state index in [1.807, 2.05) is 4.90 Å². The maximum Gasteiger partial charge on any atom is 0.236 e. The van der Waals surface area contributed by atoms with Gasteiger partial charge in [0.2, 0.25) is 11.8 Å². The van der Waals surface area contributed by atoms with Crippen molar-refractivity contribution in [1.82, 2.24) is 20.4 Å². The van der Waals surface area contributed by atoms with Crippen LogP contribution >= 0.6 is 0 Å². The predicted molar refractivity (Wildman–Crippen MR) is 97.3 cm³/mol. The fourth-order valence-corrected chi connectivity index (χ4v) is 3.68. The van der Waals surface area contributed by atoms with E-state index in [0.717, 1.165) is 25.9 Å². The first-order valence-electron chi connectivity index (χ1n) is 9.57. The van der Waals surface area contributed by atoms with Gasteiger partial charge in [0.15, 0.2) is 0 Å². The van der Waals surface area contributed by atoms with Crippen LogP contribution in [0, 0.1) is 5.92 Å². The van der Waals surface area contributed by atoms with Gasteiger partial charge in [0.1, 0.15) is 0 Å². The maximum atomic E-state index is 12.2. The number of piperazine rings is 1. The Balaban J connectivity index is 1.61. The molecule has 25 heavy (non-hydrogen) atoms. The van der Waals surface area contributed by atoms with Crippen molar-refractivity contribution in [2.45, 2.75) is 38.6 Å². The number of carbonyl (C=O) groups excluding carboxylic acids is 2. The molecule has 144 valence electrons. The normalized spacial score (nSPS) is 25.0. The third-order valence-electron chi connectivity index (χ3n) is 5.15. The largest absolute Gasteiger partial charge is 0.383 e. The molecule has 0 radical (unpaired) electrons. The van der Waals surface area contributed by atoms with E-state index < -0.39 is 0 Å². The van der Waals surface area contributed by atoms with Crippen molar-refractivity contribution in [3.05, 3.63) is 0 Å². The molecule has 0 bridgehead atoms. The second-order valence-electron chi connectivity index (χ2n) is 7.36. The van der Waals surface area contributed by atoms with Crippen molar-refractivity contribution in [2.75, 3.05) is 59.5 Å². The third-order valence-corrected chi connectivity index (χ3v) is 5.15. The van der Waals surface area contributed by atoms with Crippen LogP contribution in [0.3, 0.4) is 0 Å². The van der Waals surface area contributed by atoms with Crippen molar-refractivity contribution >= 4 is 11.8 Å². The average molecular weight is 354 g/mol. The molecule has 1 aliphatic carbocycles. The molecule has 0 aromatic rings. The van der Waals surface area contributed by atoms with E-state index in [1.54, 1.807) is 7.11 Å². The van der Waals surface area contributed by atoms with Crippen molar-refractivity contribution in [3.63, 3.8) is 0 Å². The molecule has 2 atom stereocenters. The van der Waals surface area contributed by atoms with E-state index >= 15 is 0 Å². The number of hydrogen-bond acceptors (Lipinski definition) is 5. The van der Waals surface area contributed by atoms with Crippen LogP contribution in [0.2, 0.25) is 0 Å². The summed E-state index contributed by atoms with van der Waals surface area (Å²) in [6.45, 7) is 7.26. The Labute approximate surface area is 151 Å². The number of nitrogens with zero attached hydrogens (tertiary/aromatic N) is 2. The van der Waals surface area contributed by atoms with E-state index in [0.29, 0.717) is 51.3 Å². The van der Waals surface area contributed by atoms with E-state index in [9.17, 15) is 9.59 Å². The van der Waals surface area contributed by atoms with Gasteiger partial charge in [-0.05, 0) is 18.8 Å². The van der Waals surface area contributed by atoms with Gasteiger partial charge in [0, 0.05) is 45.9 Å². The Morgan fingerprint density at radius 1 is 1.16 bits per heavy atom. The number of nitrogens with one attached hydrogen (secondary N) is 2. The highest BCUT2D eigenvalue weighted by Gasteiger charge is 2.24. The molecule has 2 fully saturated rings. The zero-order chi connectivity index (χ0) is 18.1. The van der Waals surface area contributed by atoms with Crippen LogP contribution in [-0.2, 0) is 14.3 Å². The molecule has 2 rings (SSSR count). The summed E-state index contributed by atoms with van der Waals surface area (Å²) in [5, 5.41) is 6.27. The SMILES string of the molecule is COCCNCC(=O)N1CCN(CC(=O)NC2CCCC(C)C2)CC1.